The minimum Gasteiger partial charge on any atom is -0.399 e. The van der Waals surface area contributed by atoms with Gasteiger partial charge in [0.15, 0.2) is 0 Å². The predicted octanol–water partition coefficient (Wildman–Crippen LogP) is 4.72. The molecule has 2 heterocycles. The first-order valence-corrected chi connectivity index (χ1v) is 7.69. The predicted molar refractivity (Wildman–Crippen MR) is 97.2 cm³/mol. The highest BCUT2D eigenvalue weighted by molar-refractivity contribution is 6.19. The van der Waals surface area contributed by atoms with E-state index in [1.54, 1.807) is 0 Å². The van der Waals surface area contributed by atoms with Gasteiger partial charge in [-0.1, -0.05) is 30.3 Å². The van der Waals surface area contributed by atoms with E-state index in [0.29, 0.717) is 0 Å². The number of rotatable bonds is 0. The second-order valence-electron chi connectivity index (χ2n) is 6.01. The van der Waals surface area contributed by atoms with Crippen LogP contribution in [0, 0.1) is 0 Å². The van der Waals surface area contributed by atoms with Crippen molar-refractivity contribution in [2.75, 3.05) is 17.7 Å². The maximum Gasteiger partial charge on any atom is 0.0830 e. The Morgan fingerprint density at radius 1 is 0.870 bits per heavy atom. The second-order valence-corrected chi connectivity index (χ2v) is 6.01. The molecule has 4 aromatic rings. The third kappa shape index (κ3) is 1.56. The van der Waals surface area contributed by atoms with E-state index < -0.39 is 0 Å². The number of nitrogen functional groups attached to an aromatic ring is 1. The van der Waals surface area contributed by atoms with Gasteiger partial charge in [0, 0.05) is 29.1 Å². The molecule has 0 spiro atoms. The van der Waals surface area contributed by atoms with Crippen molar-refractivity contribution in [1.29, 1.82) is 0 Å². The number of hydrogen-bond acceptors (Lipinski definition) is 3. The van der Waals surface area contributed by atoms with E-state index in [-0.39, 0.29) is 0 Å². The molecule has 5 rings (SSSR count). The molecule has 0 amide bonds. The van der Waals surface area contributed by atoms with Crippen LogP contribution in [0.5, 0.6) is 0 Å². The second kappa shape index (κ2) is 4.23. The normalized spacial score (nSPS) is 12.7. The Hall–Kier alpha value is -3.07. The molecular formula is C20H15N3. The smallest absolute Gasteiger partial charge is 0.0830 e. The highest BCUT2D eigenvalue weighted by Gasteiger charge is 2.24. The van der Waals surface area contributed by atoms with Crippen molar-refractivity contribution in [1.82, 2.24) is 4.98 Å². The van der Waals surface area contributed by atoms with Crippen LogP contribution < -0.4 is 10.6 Å². The van der Waals surface area contributed by atoms with Crippen LogP contribution >= 0.6 is 0 Å². The third-order valence-electron chi connectivity index (χ3n) is 4.70. The molecule has 1 aliphatic rings. The van der Waals surface area contributed by atoms with Crippen molar-refractivity contribution in [3.05, 3.63) is 60.7 Å². The maximum atomic E-state index is 6.00. The van der Waals surface area contributed by atoms with Gasteiger partial charge in [0.05, 0.1) is 22.6 Å². The summed E-state index contributed by atoms with van der Waals surface area (Å²) in [5.41, 5.74) is 12.4. The summed E-state index contributed by atoms with van der Waals surface area (Å²) < 4.78 is 0. The Morgan fingerprint density at radius 2 is 1.70 bits per heavy atom. The Bertz CT molecular complexity index is 1100. The SMILES string of the molecule is CN1c2ccccc2-c2nc3ccc(N)cc3c3cccc1c23. The molecule has 3 nitrogen and oxygen atoms in total. The topological polar surface area (TPSA) is 42.2 Å². The van der Waals surface area contributed by atoms with E-state index in [4.69, 9.17) is 10.7 Å². The summed E-state index contributed by atoms with van der Waals surface area (Å²) in [4.78, 5) is 7.21. The fourth-order valence-corrected chi connectivity index (χ4v) is 3.63. The lowest BCUT2D eigenvalue weighted by Gasteiger charge is -2.30. The molecular weight excluding hydrogens is 282 g/mol. The van der Waals surface area contributed by atoms with Gasteiger partial charge >= 0.3 is 0 Å². The van der Waals surface area contributed by atoms with Gasteiger partial charge in [-0.15, -0.1) is 0 Å². The maximum absolute atomic E-state index is 6.00. The molecule has 1 aromatic heterocycles. The first kappa shape index (κ1) is 12.5. The van der Waals surface area contributed by atoms with Gasteiger partial charge in [-0.05, 0) is 35.7 Å². The van der Waals surface area contributed by atoms with Crippen LogP contribution in [-0.4, -0.2) is 12.0 Å². The summed E-state index contributed by atoms with van der Waals surface area (Å²) in [7, 11) is 2.11. The molecule has 0 atom stereocenters. The summed E-state index contributed by atoms with van der Waals surface area (Å²) in [5, 5.41) is 3.52. The van der Waals surface area contributed by atoms with Crippen LogP contribution in [0.15, 0.2) is 60.7 Å². The summed E-state index contributed by atoms with van der Waals surface area (Å²) in [5.74, 6) is 0. The van der Waals surface area contributed by atoms with Crippen LogP contribution in [0.2, 0.25) is 0 Å². The van der Waals surface area contributed by atoms with E-state index in [1.165, 1.54) is 27.7 Å². The van der Waals surface area contributed by atoms with Crippen molar-refractivity contribution >= 4 is 38.7 Å². The summed E-state index contributed by atoms with van der Waals surface area (Å²) >= 11 is 0. The fraction of sp³-hybridized carbons (Fsp3) is 0.0500. The number of benzene rings is 3. The highest BCUT2D eigenvalue weighted by atomic mass is 15.1. The standard InChI is InChI=1S/C20H15N3/c1-23-17-7-3-2-5-14(17)20-19-13(6-4-8-18(19)23)15-11-12(21)9-10-16(15)22-20/h2-11H,21H2,1H3. The Labute approximate surface area is 134 Å². The highest BCUT2D eigenvalue weighted by Crippen LogP contribution is 2.47. The first-order valence-electron chi connectivity index (χ1n) is 7.69. The number of nitrogens with two attached hydrogens (primary N) is 1. The van der Waals surface area contributed by atoms with Crippen molar-refractivity contribution in [3.8, 4) is 11.3 Å². The van der Waals surface area contributed by atoms with E-state index in [9.17, 15) is 0 Å². The zero-order valence-electron chi connectivity index (χ0n) is 12.7. The van der Waals surface area contributed by atoms with Gasteiger partial charge in [-0.25, -0.2) is 4.98 Å². The average molecular weight is 297 g/mol. The molecule has 0 bridgehead atoms. The number of anilines is 3. The van der Waals surface area contributed by atoms with E-state index in [1.807, 2.05) is 18.2 Å². The first-order chi connectivity index (χ1) is 11.2. The minimum atomic E-state index is 0.768. The van der Waals surface area contributed by atoms with Gasteiger partial charge in [0.1, 0.15) is 0 Å². The average Bonchev–Trinajstić information content (AvgIpc) is 2.59. The molecule has 1 aliphatic heterocycles. The summed E-state index contributed by atoms with van der Waals surface area (Å²) in [6.45, 7) is 0. The number of hydrogen-bond donors (Lipinski definition) is 1. The van der Waals surface area contributed by atoms with Crippen LogP contribution in [0.25, 0.3) is 32.9 Å². The van der Waals surface area contributed by atoms with Crippen LogP contribution in [0.1, 0.15) is 0 Å². The molecule has 3 aromatic carbocycles. The van der Waals surface area contributed by atoms with Gasteiger partial charge in [0.25, 0.3) is 0 Å². The van der Waals surface area contributed by atoms with E-state index >= 15 is 0 Å². The van der Waals surface area contributed by atoms with Crippen LogP contribution in [0.4, 0.5) is 17.1 Å². The summed E-state index contributed by atoms with van der Waals surface area (Å²) in [6.07, 6.45) is 0. The lowest BCUT2D eigenvalue weighted by atomic mass is 9.93. The Kier molecular flexibility index (Phi) is 2.29. The van der Waals surface area contributed by atoms with Crippen LogP contribution in [-0.2, 0) is 0 Å². The monoisotopic (exact) mass is 297 g/mol. The molecule has 0 radical (unpaired) electrons. The number of aromatic nitrogens is 1. The van der Waals surface area contributed by atoms with Crippen molar-refractivity contribution in [3.63, 3.8) is 0 Å². The van der Waals surface area contributed by atoms with E-state index in [2.05, 4.69) is 54.4 Å². The van der Waals surface area contributed by atoms with Crippen molar-refractivity contribution < 1.29 is 0 Å². The largest absolute Gasteiger partial charge is 0.399 e. The zero-order chi connectivity index (χ0) is 15.6. The van der Waals surface area contributed by atoms with Gasteiger partial charge in [-0.2, -0.15) is 0 Å². The van der Waals surface area contributed by atoms with Crippen LogP contribution in [0.3, 0.4) is 0 Å². The number of pyridine rings is 1. The molecule has 2 N–H and O–H groups in total. The minimum absolute atomic E-state index is 0.768. The molecule has 0 saturated heterocycles. The molecule has 0 saturated carbocycles. The van der Waals surface area contributed by atoms with Crippen molar-refractivity contribution in [2.24, 2.45) is 0 Å². The lowest BCUT2D eigenvalue weighted by Crippen LogP contribution is -2.15. The van der Waals surface area contributed by atoms with Crippen molar-refractivity contribution in [2.45, 2.75) is 0 Å². The molecule has 3 heteroatoms. The van der Waals surface area contributed by atoms with Gasteiger partial charge in [0.2, 0.25) is 0 Å². The number of nitrogens with zero attached hydrogens (tertiary/aromatic N) is 2. The van der Waals surface area contributed by atoms with E-state index in [0.717, 1.165) is 22.3 Å². The fourth-order valence-electron chi connectivity index (χ4n) is 3.63. The van der Waals surface area contributed by atoms with Gasteiger partial charge in [-0.3, -0.25) is 0 Å². The Balaban J connectivity index is 2.06. The molecule has 0 fully saturated rings. The Morgan fingerprint density at radius 3 is 2.61 bits per heavy atom. The molecule has 0 aliphatic carbocycles. The quantitative estimate of drug-likeness (QED) is 0.377. The third-order valence-corrected chi connectivity index (χ3v) is 4.70. The molecule has 23 heavy (non-hydrogen) atoms. The van der Waals surface area contributed by atoms with Gasteiger partial charge < -0.3 is 10.6 Å². The zero-order valence-corrected chi connectivity index (χ0v) is 12.7. The number of para-hydroxylation sites is 1. The molecule has 0 unspecified atom stereocenters. The number of fused-ring (bicyclic) bond motifs is 4. The summed E-state index contributed by atoms with van der Waals surface area (Å²) in [6, 6.07) is 20.8. The lowest BCUT2D eigenvalue weighted by molar-refractivity contribution is 1.20. The molecule has 110 valence electrons.